The van der Waals surface area contributed by atoms with E-state index in [1.54, 1.807) is 24.3 Å². The third-order valence-corrected chi connectivity index (χ3v) is 1.17. The molecule has 0 atom stereocenters. The van der Waals surface area contributed by atoms with Crippen LogP contribution in [-0.2, 0) is 0 Å². The summed E-state index contributed by atoms with van der Waals surface area (Å²) in [6.07, 6.45) is 0. The van der Waals surface area contributed by atoms with Crippen molar-refractivity contribution in [2.45, 2.75) is 0 Å². The van der Waals surface area contributed by atoms with Gasteiger partial charge in [0.25, 0.3) is 0 Å². The summed E-state index contributed by atoms with van der Waals surface area (Å²) in [4.78, 5) is 0. The Labute approximate surface area is 69.4 Å². The molecule has 3 radical (unpaired) electrons. The van der Waals surface area contributed by atoms with Gasteiger partial charge in [-0.1, -0.05) is 23.7 Å². The van der Waals surface area contributed by atoms with Gasteiger partial charge in [-0.2, -0.15) is 0 Å². The first-order valence-corrected chi connectivity index (χ1v) is 2.62. The Hall–Kier alpha value is -0.158. The topological polar surface area (TPSA) is 20.2 Å². The van der Waals surface area contributed by atoms with E-state index in [-0.39, 0.29) is 23.1 Å². The minimum absolute atomic E-state index is 0. The summed E-state index contributed by atoms with van der Waals surface area (Å²) in [5.74, 6) is 0.133. The molecule has 3 heteroatoms. The van der Waals surface area contributed by atoms with Crippen LogP contribution in [0.1, 0.15) is 0 Å². The van der Waals surface area contributed by atoms with E-state index in [0.717, 1.165) is 0 Å². The quantitative estimate of drug-likeness (QED) is 0.565. The number of rotatable bonds is 0. The lowest BCUT2D eigenvalue weighted by Crippen LogP contribution is -1.62. The number of halogens is 1. The molecule has 0 amide bonds. The Morgan fingerprint density at radius 3 is 2.11 bits per heavy atom. The van der Waals surface area contributed by atoms with E-state index in [9.17, 15) is 0 Å². The molecule has 0 fully saturated rings. The minimum Gasteiger partial charge on any atom is -0.506 e. The zero-order chi connectivity index (χ0) is 5.98. The minimum atomic E-state index is 0. The van der Waals surface area contributed by atoms with E-state index in [4.69, 9.17) is 16.7 Å². The highest BCUT2D eigenvalue weighted by atomic mass is 35.5. The van der Waals surface area contributed by atoms with Crippen molar-refractivity contribution in [3.63, 3.8) is 0 Å². The smallest absolute Gasteiger partial charge is 0.134 e. The first kappa shape index (κ1) is 8.84. The fraction of sp³-hybridized carbons (Fsp3) is 0. The second kappa shape index (κ2) is 3.79. The third kappa shape index (κ3) is 2.28. The first-order chi connectivity index (χ1) is 3.80. The lowest BCUT2D eigenvalue weighted by molar-refractivity contribution is 0.475. The van der Waals surface area contributed by atoms with Crippen molar-refractivity contribution in [2.75, 3.05) is 0 Å². The summed E-state index contributed by atoms with van der Waals surface area (Å²) < 4.78 is 0. The van der Waals surface area contributed by atoms with Gasteiger partial charge in [0.2, 0.25) is 0 Å². The zero-order valence-corrected chi connectivity index (χ0v) is 6.62. The molecule has 0 heterocycles. The average molecular weight is 156 g/mol. The van der Waals surface area contributed by atoms with Gasteiger partial charge in [-0.15, -0.1) is 0 Å². The number of aromatic hydroxyl groups is 1. The number of phenols is 1. The van der Waals surface area contributed by atoms with Gasteiger partial charge in [0.1, 0.15) is 5.75 Å². The fourth-order valence-electron chi connectivity index (χ4n) is 0.452. The van der Waals surface area contributed by atoms with Crippen molar-refractivity contribution in [2.24, 2.45) is 0 Å². The van der Waals surface area contributed by atoms with Crippen LogP contribution in [0.3, 0.4) is 0 Å². The van der Waals surface area contributed by atoms with Crippen molar-refractivity contribution in [3.05, 3.63) is 29.3 Å². The van der Waals surface area contributed by atoms with E-state index < -0.39 is 0 Å². The van der Waals surface area contributed by atoms with Crippen molar-refractivity contribution in [1.29, 1.82) is 0 Å². The predicted molar refractivity (Wildman–Crippen MR) is 38.9 cm³/mol. The second-order valence-electron chi connectivity index (χ2n) is 1.45. The predicted octanol–water partition coefficient (Wildman–Crippen LogP) is 1.66. The number of para-hydroxylation sites is 1. The van der Waals surface area contributed by atoms with Gasteiger partial charge in [0, 0.05) is 17.4 Å². The molecule has 1 rings (SSSR count). The van der Waals surface area contributed by atoms with Crippen LogP contribution in [-0.4, -0.2) is 22.5 Å². The molecule has 0 bridgehead atoms. The summed E-state index contributed by atoms with van der Waals surface area (Å²) in [5, 5.41) is 9.18. The molecule has 9 heavy (non-hydrogen) atoms. The maximum absolute atomic E-state index is 8.79. The van der Waals surface area contributed by atoms with Gasteiger partial charge < -0.3 is 5.11 Å². The molecule has 1 N–H and O–H groups in total. The molecule has 0 spiro atoms. The molecular weight excluding hydrogens is 150 g/mol. The van der Waals surface area contributed by atoms with Crippen LogP contribution in [0.2, 0.25) is 5.02 Å². The molecule has 0 aromatic heterocycles. The average Bonchev–Trinajstić information content (AvgIpc) is 1.77. The number of hydrogen-bond donors (Lipinski definition) is 1. The van der Waals surface area contributed by atoms with Gasteiger partial charge in [0.15, 0.2) is 0 Å². The molecule has 1 aromatic rings. The molecule has 45 valence electrons. The Morgan fingerprint density at radius 1 is 1.22 bits per heavy atom. The summed E-state index contributed by atoms with van der Waals surface area (Å²) in [6.45, 7) is 0. The Bertz CT molecular complexity index is 169. The lowest BCUT2D eigenvalue weighted by Gasteiger charge is -1.89. The highest BCUT2D eigenvalue weighted by Crippen LogP contribution is 2.20. The van der Waals surface area contributed by atoms with E-state index in [1.807, 2.05) is 0 Å². The molecule has 0 saturated carbocycles. The number of benzene rings is 1. The maximum Gasteiger partial charge on any atom is 0.134 e. The molecule has 0 unspecified atom stereocenters. The van der Waals surface area contributed by atoms with Gasteiger partial charge in [-0.25, -0.2) is 0 Å². The SMILES string of the molecule is Oc1ccccc1Cl.[Al]. The maximum atomic E-state index is 8.79. The van der Waals surface area contributed by atoms with E-state index in [2.05, 4.69) is 0 Å². The number of phenolic OH excluding ortho intramolecular Hbond substituents is 1. The monoisotopic (exact) mass is 155 g/mol. The van der Waals surface area contributed by atoms with Gasteiger partial charge in [-0.3, -0.25) is 0 Å². The molecule has 0 aliphatic rings. The van der Waals surface area contributed by atoms with Crippen LogP contribution in [0, 0.1) is 0 Å². The summed E-state index contributed by atoms with van der Waals surface area (Å²) >= 11 is 5.46. The standard InChI is InChI=1S/C6H5ClO.Al/c7-5-3-1-2-4-6(5)8;/h1-4,8H;. The highest BCUT2D eigenvalue weighted by molar-refractivity contribution is 6.31. The largest absolute Gasteiger partial charge is 0.506 e. The van der Waals surface area contributed by atoms with Crippen LogP contribution in [0.4, 0.5) is 0 Å². The van der Waals surface area contributed by atoms with Crippen LogP contribution in [0.5, 0.6) is 5.75 Å². The van der Waals surface area contributed by atoms with E-state index >= 15 is 0 Å². The zero-order valence-electron chi connectivity index (χ0n) is 4.71. The van der Waals surface area contributed by atoms with Crippen molar-refractivity contribution < 1.29 is 5.11 Å². The summed E-state index contributed by atoms with van der Waals surface area (Å²) in [7, 11) is 0. The molecule has 1 nitrogen and oxygen atoms in total. The first-order valence-electron chi connectivity index (χ1n) is 2.24. The normalized spacial score (nSPS) is 8.11. The molecule has 0 aliphatic heterocycles. The molecule has 0 aliphatic carbocycles. The summed E-state index contributed by atoms with van der Waals surface area (Å²) in [5.41, 5.74) is 0. The second-order valence-corrected chi connectivity index (χ2v) is 1.86. The molecule has 1 aromatic carbocycles. The van der Waals surface area contributed by atoms with E-state index in [0.29, 0.717) is 5.02 Å². The highest BCUT2D eigenvalue weighted by Gasteiger charge is 1.89. The lowest BCUT2D eigenvalue weighted by atomic mass is 10.3. The number of hydrogen-bond acceptors (Lipinski definition) is 1. The van der Waals surface area contributed by atoms with Crippen molar-refractivity contribution in [1.82, 2.24) is 0 Å². The summed E-state index contributed by atoms with van der Waals surface area (Å²) in [6, 6.07) is 6.67. The van der Waals surface area contributed by atoms with Crippen molar-refractivity contribution in [3.8, 4) is 5.75 Å². The van der Waals surface area contributed by atoms with Crippen LogP contribution >= 0.6 is 11.6 Å². The van der Waals surface area contributed by atoms with Crippen LogP contribution < -0.4 is 0 Å². The van der Waals surface area contributed by atoms with Gasteiger partial charge in [0.05, 0.1) is 5.02 Å². The Morgan fingerprint density at radius 2 is 1.78 bits per heavy atom. The fourth-order valence-corrected chi connectivity index (χ4v) is 0.587. The van der Waals surface area contributed by atoms with Gasteiger partial charge >= 0.3 is 0 Å². The van der Waals surface area contributed by atoms with Crippen LogP contribution in [0.15, 0.2) is 24.3 Å². The Kier molecular flexibility index (Phi) is 3.72. The third-order valence-electron chi connectivity index (χ3n) is 0.852. The molecule has 0 saturated heterocycles. The molecular formula is C6H5AlClO. The Balaban J connectivity index is 0.000000640. The van der Waals surface area contributed by atoms with E-state index in [1.165, 1.54) is 0 Å². The van der Waals surface area contributed by atoms with Gasteiger partial charge in [-0.05, 0) is 12.1 Å². The van der Waals surface area contributed by atoms with Crippen molar-refractivity contribution >= 4 is 29.0 Å². The van der Waals surface area contributed by atoms with Crippen LogP contribution in [0.25, 0.3) is 0 Å².